The van der Waals surface area contributed by atoms with Crippen molar-refractivity contribution in [1.29, 1.82) is 0 Å². The molecule has 1 aliphatic heterocycles. The maximum absolute atomic E-state index is 12.6. The van der Waals surface area contributed by atoms with Gasteiger partial charge in [0.2, 0.25) is 5.91 Å². The summed E-state index contributed by atoms with van der Waals surface area (Å²) in [5.74, 6) is -1.13. The number of amides is 1. The second kappa shape index (κ2) is 7.95. The van der Waals surface area contributed by atoms with Gasteiger partial charge in [0, 0.05) is 25.2 Å². The fourth-order valence-electron chi connectivity index (χ4n) is 3.93. The molecule has 1 heterocycles. The second-order valence-electron chi connectivity index (χ2n) is 6.80. The molecule has 2 fully saturated rings. The SMILES string of the molecule is CCC1(C(=O)NCC(C(=O)O)C2CCOCC2)CCCCC1. The van der Waals surface area contributed by atoms with Crippen molar-refractivity contribution >= 4 is 11.9 Å². The van der Waals surface area contributed by atoms with Gasteiger partial charge >= 0.3 is 5.97 Å². The summed E-state index contributed by atoms with van der Waals surface area (Å²) < 4.78 is 5.30. The third-order valence-corrected chi connectivity index (χ3v) is 5.60. The first-order chi connectivity index (χ1) is 10.6. The van der Waals surface area contributed by atoms with E-state index in [-0.39, 0.29) is 23.8 Å². The van der Waals surface area contributed by atoms with Gasteiger partial charge in [0.25, 0.3) is 0 Å². The number of hydrogen-bond donors (Lipinski definition) is 2. The van der Waals surface area contributed by atoms with Crippen LogP contribution in [-0.2, 0) is 14.3 Å². The molecule has 22 heavy (non-hydrogen) atoms. The van der Waals surface area contributed by atoms with Crippen LogP contribution in [0.1, 0.15) is 58.3 Å². The van der Waals surface area contributed by atoms with Crippen molar-refractivity contribution in [3.63, 3.8) is 0 Å². The zero-order chi connectivity index (χ0) is 16.0. The van der Waals surface area contributed by atoms with E-state index in [1.54, 1.807) is 0 Å². The summed E-state index contributed by atoms with van der Waals surface area (Å²) in [4.78, 5) is 24.2. The molecular formula is C17H29NO4. The third kappa shape index (κ3) is 4.00. The molecular weight excluding hydrogens is 282 g/mol. The van der Waals surface area contributed by atoms with Crippen LogP contribution in [0.5, 0.6) is 0 Å². The van der Waals surface area contributed by atoms with Crippen molar-refractivity contribution in [3.8, 4) is 0 Å². The first-order valence-electron chi connectivity index (χ1n) is 8.68. The average Bonchev–Trinajstić information content (AvgIpc) is 2.56. The Morgan fingerprint density at radius 2 is 1.86 bits per heavy atom. The molecule has 0 aromatic heterocycles. The van der Waals surface area contributed by atoms with Crippen molar-refractivity contribution in [2.24, 2.45) is 17.3 Å². The number of nitrogens with one attached hydrogen (secondary N) is 1. The molecule has 0 spiro atoms. The number of carboxylic acids is 1. The number of rotatable bonds is 6. The molecule has 2 N–H and O–H groups in total. The van der Waals surface area contributed by atoms with E-state index in [4.69, 9.17) is 4.74 Å². The lowest BCUT2D eigenvalue weighted by molar-refractivity contribution is -0.145. The summed E-state index contributed by atoms with van der Waals surface area (Å²) in [6, 6.07) is 0. The quantitative estimate of drug-likeness (QED) is 0.790. The summed E-state index contributed by atoms with van der Waals surface area (Å²) >= 11 is 0. The summed E-state index contributed by atoms with van der Waals surface area (Å²) in [6.45, 7) is 3.57. The Hall–Kier alpha value is -1.10. The smallest absolute Gasteiger partial charge is 0.308 e. The van der Waals surface area contributed by atoms with Crippen LogP contribution in [0.4, 0.5) is 0 Å². The van der Waals surface area contributed by atoms with Gasteiger partial charge < -0.3 is 15.2 Å². The van der Waals surface area contributed by atoms with Gasteiger partial charge in [-0.15, -0.1) is 0 Å². The van der Waals surface area contributed by atoms with E-state index in [9.17, 15) is 14.7 Å². The first-order valence-corrected chi connectivity index (χ1v) is 8.68. The predicted molar refractivity (Wildman–Crippen MR) is 83.5 cm³/mol. The van der Waals surface area contributed by atoms with Gasteiger partial charge in [-0.3, -0.25) is 9.59 Å². The zero-order valence-corrected chi connectivity index (χ0v) is 13.6. The van der Waals surface area contributed by atoms with Gasteiger partial charge in [0.05, 0.1) is 5.92 Å². The van der Waals surface area contributed by atoms with E-state index < -0.39 is 11.9 Å². The molecule has 2 rings (SSSR count). The van der Waals surface area contributed by atoms with Gasteiger partial charge in [-0.2, -0.15) is 0 Å². The highest BCUT2D eigenvalue weighted by molar-refractivity contribution is 5.83. The highest BCUT2D eigenvalue weighted by Gasteiger charge is 2.38. The average molecular weight is 311 g/mol. The second-order valence-corrected chi connectivity index (χ2v) is 6.80. The van der Waals surface area contributed by atoms with Crippen molar-refractivity contribution in [1.82, 2.24) is 5.32 Å². The monoisotopic (exact) mass is 311 g/mol. The molecule has 1 atom stereocenters. The Labute approximate surface area is 132 Å². The largest absolute Gasteiger partial charge is 0.481 e. The van der Waals surface area contributed by atoms with Crippen LogP contribution in [0.3, 0.4) is 0 Å². The molecule has 0 aromatic rings. The van der Waals surface area contributed by atoms with Gasteiger partial charge in [-0.05, 0) is 38.0 Å². The summed E-state index contributed by atoms with van der Waals surface area (Å²) in [5.41, 5.74) is -0.267. The van der Waals surface area contributed by atoms with Crippen LogP contribution in [-0.4, -0.2) is 36.7 Å². The lowest BCUT2D eigenvalue weighted by Gasteiger charge is -2.36. The van der Waals surface area contributed by atoms with Crippen molar-refractivity contribution in [2.45, 2.75) is 58.3 Å². The Morgan fingerprint density at radius 1 is 1.23 bits per heavy atom. The molecule has 1 amide bonds. The van der Waals surface area contributed by atoms with E-state index in [1.165, 1.54) is 6.42 Å². The van der Waals surface area contributed by atoms with E-state index in [0.717, 1.165) is 44.9 Å². The molecule has 126 valence electrons. The summed E-state index contributed by atoms with van der Waals surface area (Å²) in [6.07, 6.45) is 7.65. The minimum absolute atomic E-state index is 0.0630. The van der Waals surface area contributed by atoms with Crippen LogP contribution in [0.25, 0.3) is 0 Å². The van der Waals surface area contributed by atoms with E-state index in [2.05, 4.69) is 12.2 Å². The lowest BCUT2D eigenvalue weighted by Crippen LogP contribution is -2.46. The molecule has 5 nitrogen and oxygen atoms in total. The molecule has 2 aliphatic rings. The van der Waals surface area contributed by atoms with Crippen LogP contribution < -0.4 is 5.32 Å². The highest BCUT2D eigenvalue weighted by atomic mass is 16.5. The highest BCUT2D eigenvalue weighted by Crippen LogP contribution is 2.39. The Bertz CT molecular complexity index is 384. The fourth-order valence-corrected chi connectivity index (χ4v) is 3.93. The van der Waals surface area contributed by atoms with Gasteiger partial charge in [0.15, 0.2) is 0 Å². The maximum atomic E-state index is 12.6. The number of hydrogen-bond acceptors (Lipinski definition) is 3. The standard InChI is InChI=1S/C17H29NO4/c1-2-17(8-4-3-5-9-17)16(21)18-12-14(15(19)20)13-6-10-22-11-7-13/h13-14H,2-12H2,1H3,(H,18,21)(H,19,20). The van der Waals surface area contributed by atoms with Crippen LogP contribution >= 0.6 is 0 Å². The van der Waals surface area contributed by atoms with E-state index in [0.29, 0.717) is 13.2 Å². The molecule has 5 heteroatoms. The maximum Gasteiger partial charge on any atom is 0.308 e. The molecule has 1 saturated carbocycles. The number of aliphatic carboxylic acids is 1. The molecule has 1 saturated heterocycles. The Morgan fingerprint density at radius 3 is 2.41 bits per heavy atom. The normalized spacial score (nSPS) is 23.7. The van der Waals surface area contributed by atoms with Crippen molar-refractivity contribution in [2.75, 3.05) is 19.8 Å². The van der Waals surface area contributed by atoms with Crippen LogP contribution in [0, 0.1) is 17.3 Å². The van der Waals surface area contributed by atoms with Crippen molar-refractivity contribution in [3.05, 3.63) is 0 Å². The minimum atomic E-state index is -0.804. The molecule has 0 bridgehead atoms. The topological polar surface area (TPSA) is 75.6 Å². The lowest BCUT2D eigenvalue weighted by atomic mass is 9.71. The van der Waals surface area contributed by atoms with Gasteiger partial charge in [-0.25, -0.2) is 0 Å². The fraction of sp³-hybridized carbons (Fsp3) is 0.882. The molecule has 1 aliphatic carbocycles. The Kier molecular flexibility index (Phi) is 6.24. The number of carboxylic acid groups (broad SMARTS) is 1. The predicted octanol–water partition coefficient (Wildman–Crippen LogP) is 2.59. The number of carbonyl (C=O) groups is 2. The molecule has 1 unspecified atom stereocenters. The van der Waals surface area contributed by atoms with E-state index >= 15 is 0 Å². The minimum Gasteiger partial charge on any atom is -0.481 e. The number of ether oxygens (including phenoxy) is 1. The van der Waals surface area contributed by atoms with E-state index in [1.807, 2.05) is 0 Å². The molecule has 0 aromatic carbocycles. The third-order valence-electron chi connectivity index (χ3n) is 5.60. The summed E-state index contributed by atoms with van der Waals surface area (Å²) in [5, 5.41) is 12.4. The first kappa shape index (κ1) is 17.3. The van der Waals surface area contributed by atoms with Crippen LogP contribution in [0.15, 0.2) is 0 Å². The summed E-state index contributed by atoms with van der Waals surface area (Å²) in [7, 11) is 0. The van der Waals surface area contributed by atoms with Crippen molar-refractivity contribution < 1.29 is 19.4 Å². The molecule has 0 radical (unpaired) electrons. The Balaban J connectivity index is 1.93. The zero-order valence-electron chi connectivity index (χ0n) is 13.6. The van der Waals surface area contributed by atoms with Crippen LogP contribution in [0.2, 0.25) is 0 Å². The number of carbonyl (C=O) groups excluding carboxylic acids is 1. The van der Waals surface area contributed by atoms with Gasteiger partial charge in [0.1, 0.15) is 0 Å². The van der Waals surface area contributed by atoms with Gasteiger partial charge in [-0.1, -0.05) is 26.2 Å².